The number of thioether (sulfide) groups is 1. The third-order valence-corrected chi connectivity index (χ3v) is 6.19. The number of carbonyl (C=O) groups excluding carboxylic acids is 2. The van der Waals surface area contributed by atoms with E-state index in [9.17, 15) is 9.59 Å². The van der Waals surface area contributed by atoms with Crippen LogP contribution in [0.1, 0.15) is 26.2 Å². The molecule has 1 aromatic carbocycles. The van der Waals surface area contributed by atoms with Gasteiger partial charge in [0.25, 0.3) is 5.91 Å². The third-order valence-electron chi connectivity index (χ3n) is 4.01. The van der Waals surface area contributed by atoms with Gasteiger partial charge in [-0.25, -0.2) is 0 Å². The van der Waals surface area contributed by atoms with E-state index in [2.05, 4.69) is 5.32 Å². The van der Waals surface area contributed by atoms with Gasteiger partial charge in [0.15, 0.2) is 0 Å². The number of rotatable bonds is 3. The summed E-state index contributed by atoms with van der Waals surface area (Å²) in [6.45, 7) is 0.525. The lowest BCUT2D eigenvalue weighted by molar-refractivity contribution is -0.124. The molecule has 22 heavy (non-hydrogen) atoms. The molecule has 2 amide bonds. The van der Waals surface area contributed by atoms with Gasteiger partial charge in [-0.3, -0.25) is 9.59 Å². The highest BCUT2D eigenvalue weighted by Gasteiger charge is 2.48. The third kappa shape index (κ3) is 2.14. The normalized spacial score (nSPS) is 22.5. The summed E-state index contributed by atoms with van der Waals surface area (Å²) in [4.78, 5) is 27.9. The minimum Gasteiger partial charge on any atom is -0.349 e. The molecule has 0 saturated carbocycles. The predicted octanol–water partition coefficient (Wildman–Crippen LogP) is 2.63. The Labute approximate surface area is 136 Å². The Kier molecular flexibility index (Phi) is 3.43. The molecule has 3 heterocycles. The first-order valence-corrected chi connectivity index (χ1v) is 9.02. The van der Waals surface area contributed by atoms with Crippen molar-refractivity contribution >= 4 is 34.9 Å². The molecule has 0 aliphatic carbocycles. The van der Waals surface area contributed by atoms with Crippen LogP contribution in [0.2, 0.25) is 0 Å². The minimum absolute atomic E-state index is 0.0128. The monoisotopic (exact) mass is 330 g/mol. The maximum Gasteiger partial charge on any atom is 0.256 e. The van der Waals surface area contributed by atoms with Crippen LogP contribution in [0.5, 0.6) is 0 Å². The highest BCUT2D eigenvalue weighted by Crippen LogP contribution is 2.47. The van der Waals surface area contributed by atoms with Crippen LogP contribution < -0.4 is 5.32 Å². The molecule has 0 radical (unpaired) electrons. The maximum absolute atomic E-state index is 12.6. The van der Waals surface area contributed by atoms with Crippen LogP contribution in [0.3, 0.4) is 0 Å². The van der Waals surface area contributed by atoms with Gasteiger partial charge in [-0.1, -0.05) is 24.3 Å². The number of nitrogens with zero attached hydrogens (tertiary/aromatic N) is 1. The second kappa shape index (κ2) is 5.44. The fourth-order valence-corrected chi connectivity index (χ4v) is 5.06. The van der Waals surface area contributed by atoms with Gasteiger partial charge < -0.3 is 10.2 Å². The van der Waals surface area contributed by atoms with Crippen molar-refractivity contribution in [1.29, 1.82) is 0 Å². The van der Waals surface area contributed by atoms with Crippen molar-refractivity contribution in [2.75, 3.05) is 5.75 Å². The summed E-state index contributed by atoms with van der Waals surface area (Å²) in [6, 6.07) is 11.2. The lowest BCUT2D eigenvalue weighted by atomic mass is 10.1. The van der Waals surface area contributed by atoms with Crippen molar-refractivity contribution in [3.05, 3.63) is 57.8 Å². The molecular formula is C16H14N2O2S2. The van der Waals surface area contributed by atoms with Gasteiger partial charge in [0.2, 0.25) is 5.91 Å². The fourth-order valence-electron chi connectivity index (χ4n) is 2.95. The first-order chi connectivity index (χ1) is 10.8. The zero-order valence-corrected chi connectivity index (χ0v) is 13.3. The van der Waals surface area contributed by atoms with E-state index < -0.39 is 0 Å². The first kappa shape index (κ1) is 13.8. The Morgan fingerprint density at radius 3 is 2.95 bits per heavy atom. The summed E-state index contributed by atoms with van der Waals surface area (Å²) < 4.78 is 0. The average molecular weight is 330 g/mol. The number of amides is 2. The van der Waals surface area contributed by atoms with E-state index in [1.54, 1.807) is 28.0 Å². The van der Waals surface area contributed by atoms with Crippen molar-refractivity contribution in [2.24, 2.45) is 0 Å². The molecular weight excluding hydrogens is 316 g/mol. The summed E-state index contributed by atoms with van der Waals surface area (Å²) in [5.74, 6) is 0.563. The SMILES string of the molecule is O=C(NCc1cccs1)[C@H]1CS[C@@H]2c3ccccc3C(=O)N12. The Morgan fingerprint density at radius 2 is 2.14 bits per heavy atom. The molecule has 2 aliphatic rings. The van der Waals surface area contributed by atoms with Gasteiger partial charge in [0, 0.05) is 16.2 Å². The standard InChI is InChI=1S/C16H14N2O2S2/c19-14(17-8-10-4-3-7-21-10)13-9-22-16-12-6-2-1-5-11(12)15(20)18(13)16/h1-7,13,16H,8-9H2,(H,17,19)/t13-,16-/m1/s1. The Balaban J connectivity index is 1.51. The highest BCUT2D eigenvalue weighted by molar-refractivity contribution is 7.99. The highest BCUT2D eigenvalue weighted by atomic mass is 32.2. The maximum atomic E-state index is 12.6. The zero-order chi connectivity index (χ0) is 15.1. The molecule has 2 atom stereocenters. The van der Waals surface area contributed by atoms with Crippen LogP contribution in [0.4, 0.5) is 0 Å². The number of hydrogen-bond acceptors (Lipinski definition) is 4. The van der Waals surface area contributed by atoms with Crippen LogP contribution in [0.15, 0.2) is 41.8 Å². The summed E-state index contributed by atoms with van der Waals surface area (Å²) in [5, 5.41) is 4.93. The zero-order valence-electron chi connectivity index (χ0n) is 11.7. The van der Waals surface area contributed by atoms with Crippen molar-refractivity contribution in [3.8, 4) is 0 Å². The molecule has 0 spiro atoms. The molecule has 0 unspecified atom stereocenters. The molecule has 6 heteroatoms. The quantitative estimate of drug-likeness (QED) is 0.941. The largest absolute Gasteiger partial charge is 0.349 e. The van der Waals surface area contributed by atoms with E-state index in [1.807, 2.05) is 41.8 Å². The first-order valence-electron chi connectivity index (χ1n) is 7.09. The van der Waals surface area contributed by atoms with Crippen molar-refractivity contribution in [1.82, 2.24) is 10.2 Å². The molecule has 2 aromatic rings. The summed E-state index contributed by atoms with van der Waals surface area (Å²) in [7, 11) is 0. The number of benzene rings is 1. The van der Waals surface area contributed by atoms with Gasteiger partial charge in [0.05, 0.1) is 6.54 Å². The van der Waals surface area contributed by atoms with E-state index in [-0.39, 0.29) is 23.2 Å². The molecule has 1 aromatic heterocycles. The lowest BCUT2D eigenvalue weighted by Crippen LogP contribution is -2.45. The van der Waals surface area contributed by atoms with Crippen LogP contribution in [-0.2, 0) is 11.3 Å². The van der Waals surface area contributed by atoms with Gasteiger partial charge in [0.1, 0.15) is 11.4 Å². The van der Waals surface area contributed by atoms with E-state index >= 15 is 0 Å². The van der Waals surface area contributed by atoms with Gasteiger partial charge in [-0.2, -0.15) is 0 Å². The smallest absolute Gasteiger partial charge is 0.256 e. The molecule has 1 N–H and O–H groups in total. The van der Waals surface area contributed by atoms with Crippen molar-refractivity contribution in [2.45, 2.75) is 18.0 Å². The molecule has 4 rings (SSSR count). The Bertz CT molecular complexity index is 730. The van der Waals surface area contributed by atoms with Crippen LogP contribution in [-0.4, -0.2) is 28.5 Å². The molecule has 4 nitrogen and oxygen atoms in total. The lowest BCUT2D eigenvalue weighted by Gasteiger charge is -2.22. The average Bonchev–Trinajstić information content (AvgIpc) is 3.25. The second-order valence-electron chi connectivity index (χ2n) is 5.30. The number of thiophene rings is 1. The number of carbonyl (C=O) groups is 2. The van der Waals surface area contributed by atoms with Gasteiger partial charge >= 0.3 is 0 Å². The van der Waals surface area contributed by atoms with Gasteiger partial charge in [-0.15, -0.1) is 23.1 Å². The molecule has 1 saturated heterocycles. The summed E-state index contributed by atoms with van der Waals surface area (Å²) in [5.41, 5.74) is 1.77. The molecule has 2 aliphatic heterocycles. The fraction of sp³-hybridized carbons (Fsp3) is 0.250. The topological polar surface area (TPSA) is 49.4 Å². The molecule has 0 bridgehead atoms. The Hall–Kier alpha value is -1.79. The van der Waals surface area contributed by atoms with Crippen LogP contribution >= 0.6 is 23.1 Å². The van der Waals surface area contributed by atoms with Gasteiger partial charge in [-0.05, 0) is 23.1 Å². The van der Waals surface area contributed by atoms with E-state index in [1.165, 1.54) is 0 Å². The summed E-state index contributed by atoms with van der Waals surface area (Å²) >= 11 is 3.28. The Morgan fingerprint density at radius 1 is 1.27 bits per heavy atom. The minimum atomic E-state index is -0.380. The summed E-state index contributed by atoms with van der Waals surface area (Å²) in [6.07, 6.45) is 0. The van der Waals surface area contributed by atoms with Crippen LogP contribution in [0, 0.1) is 0 Å². The van der Waals surface area contributed by atoms with Crippen molar-refractivity contribution < 1.29 is 9.59 Å². The molecule has 112 valence electrons. The number of nitrogens with one attached hydrogen (secondary N) is 1. The second-order valence-corrected chi connectivity index (χ2v) is 7.44. The van der Waals surface area contributed by atoms with E-state index in [0.717, 1.165) is 16.0 Å². The van der Waals surface area contributed by atoms with E-state index in [0.29, 0.717) is 12.3 Å². The van der Waals surface area contributed by atoms with Crippen LogP contribution in [0.25, 0.3) is 0 Å². The van der Waals surface area contributed by atoms with E-state index in [4.69, 9.17) is 0 Å². The predicted molar refractivity (Wildman–Crippen MR) is 87.8 cm³/mol. The molecule has 1 fully saturated rings. The van der Waals surface area contributed by atoms with Crippen molar-refractivity contribution in [3.63, 3.8) is 0 Å². The number of fused-ring (bicyclic) bond motifs is 3. The number of hydrogen-bond donors (Lipinski definition) is 1.